The summed E-state index contributed by atoms with van der Waals surface area (Å²) in [6.07, 6.45) is 4.54. The Morgan fingerprint density at radius 3 is 2.79 bits per heavy atom. The second kappa shape index (κ2) is 4.18. The van der Waals surface area contributed by atoms with Crippen molar-refractivity contribution in [1.29, 1.82) is 0 Å². The highest BCUT2D eigenvalue weighted by atomic mass is 16.7. The molecule has 2 rings (SSSR count). The zero-order chi connectivity index (χ0) is 9.80. The molecule has 1 aromatic rings. The second-order valence-electron chi connectivity index (χ2n) is 3.54. The van der Waals surface area contributed by atoms with Gasteiger partial charge in [0.15, 0.2) is 0 Å². The highest BCUT2D eigenvalue weighted by molar-refractivity contribution is 5.21. The smallest absolute Gasteiger partial charge is 0.240 e. The number of benzene rings is 1. The molecule has 0 bridgehead atoms. The molecule has 1 heterocycles. The van der Waals surface area contributed by atoms with Crippen molar-refractivity contribution in [3.8, 4) is 5.75 Å². The van der Waals surface area contributed by atoms with E-state index in [4.69, 9.17) is 9.47 Å². The average molecular weight is 190 g/mol. The average Bonchev–Trinajstić information content (AvgIpc) is 2.19. The van der Waals surface area contributed by atoms with E-state index in [0.717, 1.165) is 12.2 Å². The first-order chi connectivity index (χ1) is 6.84. The quantitative estimate of drug-likeness (QED) is 0.713. The van der Waals surface area contributed by atoms with Crippen LogP contribution in [-0.4, -0.2) is 6.29 Å². The third-order valence-corrected chi connectivity index (χ3v) is 2.21. The van der Waals surface area contributed by atoms with E-state index in [-0.39, 0.29) is 6.29 Å². The number of hydrogen-bond acceptors (Lipinski definition) is 2. The molecular formula is C12H14O2. The van der Waals surface area contributed by atoms with Crippen LogP contribution in [0.5, 0.6) is 5.75 Å². The van der Waals surface area contributed by atoms with Crippen molar-refractivity contribution in [2.45, 2.75) is 19.6 Å². The fourth-order valence-electron chi connectivity index (χ4n) is 1.43. The van der Waals surface area contributed by atoms with Crippen molar-refractivity contribution in [2.75, 3.05) is 0 Å². The van der Waals surface area contributed by atoms with Gasteiger partial charge in [-0.15, -0.1) is 0 Å². The summed E-state index contributed by atoms with van der Waals surface area (Å²) in [6.45, 7) is 2.15. The van der Waals surface area contributed by atoms with Gasteiger partial charge in [-0.3, -0.25) is 0 Å². The Labute approximate surface area is 84.2 Å². The van der Waals surface area contributed by atoms with Gasteiger partial charge in [-0.05, 0) is 24.1 Å². The molecule has 0 saturated heterocycles. The summed E-state index contributed by atoms with van der Waals surface area (Å²) in [6, 6.07) is 9.75. The normalized spacial score (nSPS) is 25.5. The Morgan fingerprint density at radius 2 is 2.07 bits per heavy atom. The van der Waals surface area contributed by atoms with Crippen molar-refractivity contribution in [3.63, 3.8) is 0 Å². The molecular weight excluding hydrogens is 176 g/mol. The number of ether oxygens (including phenoxy) is 2. The van der Waals surface area contributed by atoms with Crippen molar-refractivity contribution < 1.29 is 9.47 Å². The molecule has 0 N–H and O–H groups in total. The predicted molar refractivity (Wildman–Crippen MR) is 54.9 cm³/mol. The van der Waals surface area contributed by atoms with Gasteiger partial charge >= 0.3 is 0 Å². The van der Waals surface area contributed by atoms with E-state index >= 15 is 0 Å². The summed E-state index contributed by atoms with van der Waals surface area (Å²) >= 11 is 0. The SMILES string of the molecule is CC1C=COC(Oc2ccccc2)C1. The Hall–Kier alpha value is -1.44. The predicted octanol–water partition coefficient (Wildman–Crippen LogP) is 2.96. The molecule has 0 aromatic heterocycles. The van der Waals surface area contributed by atoms with E-state index in [2.05, 4.69) is 6.92 Å². The van der Waals surface area contributed by atoms with Gasteiger partial charge < -0.3 is 9.47 Å². The molecule has 2 nitrogen and oxygen atoms in total. The first kappa shape index (κ1) is 9.13. The van der Waals surface area contributed by atoms with Gasteiger partial charge in [0.1, 0.15) is 5.75 Å². The summed E-state index contributed by atoms with van der Waals surface area (Å²) in [7, 11) is 0. The minimum absolute atomic E-state index is 0.141. The zero-order valence-corrected chi connectivity index (χ0v) is 8.22. The molecule has 0 spiro atoms. The fraction of sp³-hybridized carbons (Fsp3) is 0.333. The van der Waals surface area contributed by atoms with E-state index in [0.29, 0.717) is 5.92 Å². The van der Waals surface area contributed by atoms with Crippen LogP contribution in [0.25, 0.3) is 0 Å². The Kier molecular flexibility index (Phi) is 2.73. The van der Waals surface area contributed by atoms with Crippen LogP contribution in [0.2, 0.25) is 0 Å². The lowest BCUT2D eigenvalue weighted by Gasteiger charge is -2.23. The third kappa shape index (κ3) is 2.28. The van der Waals surface area contributed by atoms with E-state index < -0.39 is 0 Å². The van der Waals surface area contributed by atoms with Crippen molar-refractivity contribution in [2.24, 2.45) is 5.92 Å². The number of rotatable bonds is 2. The van der Waals surface area contributed by atoms with Gasteiger partial charge in [0.05, 0.1) is 6.26 Å². The van der Waals surface area contributed by atoms with Gasteiger partial charge in [0.2, 0.25) is 6.29 Å². The van der Waals surface area contributed by atoms with Crippen LogP contribution in [0.3, 0.4) is 0 Å². The highest BCUT2D eigenvalue weighted by Crippen LogP contribution is 2.20. The van der Waals surface area contributed by atoms with Gasteiger partial charge in [-0.25, -0.2) is 0 Å². The number of para-hydroxylation sites is 1. The Balaban J connectivity index is 1.96. The van der Waals surface area contributed by atoms with Crippen molar-refractivity contribution in [3.05, 3.63) is 42.7 Å². The second-order valence-corrected chi connectivity index (χ2v) is 3.54. The van der Waals surface area contributed by atoms with E-state index in [9.17, 15) is 0 Å². The summed E-state index contributed by atoms with van der Waals surface area (Å²) < 4.78 is 11.0. The van der Waals surface area contributed by atoms with Gasteiger partial charge in [0.25, 0.3) is 0 Å². The molecule has 1 aliphatic heterocycles. The zero-order valence-electron chi connectivity index (χ0n) is 8.22. The van der Waals surface area contributed by atoms with Gasteiger partial charge in [-0.1, -0.05) is 25.1 Å². The van der Waals surface area contributed by atoms with Crippen molar-refractivity contribution in [1.82, 2.24) is 0 Å². The van der Waals surface area contributed by atoms with Crippen LogP contribution in [0.4, 0.5) is 0 Å². The molecule has 0 fully saturated rings. The first-order valence-electron chi connectivity index (χ1n) is 4.88. The molecule has 2 heteroatoms. The largest absolute Gasteiger partial charge is 0.463 e. The maximum absolute atomic E-state index is 5.65. The maximum atomic E-state index is 5.65. The van der Waals surface area contributed by atoms with Crippen LogP contribution in [0.15, 0.2) is 42.7 Å². The fourth-order valence-corrected chi connectivity index (χ4v) is 1.43. The number of allylic oxidation sites excluding steroid dienone is 1. The molecule has 2 unspecified atom stereocenters. The highest BCUT2D eigenvalue weighted by Gasteiger charge is 2.16. The third-order valence-electron chi connectivity index (χ3n) is 2.21. The molecule has 2 atom stereocenters. The minimum Gasteiger partial charge on any atom is -0.463 e. The van der Waals surface area contributed by atoms with Gasteiger partial charge in [-0.2, -0.15) is 0 Å². The lowest BCUT2D eigenvalue weighted by molar-refractivity contribution is -0.0503. The molecule has 14 heavy (non-hydrogen) atoms. The van der Waals surface area contributed by atoms with Crippen LogP contribution in [0.1, 0.15) is 13.3 Å². The minimum atomic E-state index is -0.141. The van der Waals surface area contributed by atoms with Gasteiger partial charge in [0, 0.05) is 6.42 Å². The van der Waals surface area contributed by atoms with E-state index in [1.165, 1.54) is 0 Å². The topological polar surface area (TPSA) is 18.5 Å². The van der Waals surface area contributed by atoms with Crippen LogP contribution >= 0.6 is 0 Å². The van der Waals surface area contributed by atoms with E-state index in [1.54, 1.807) is 6.26 Å². The van der Waals surface area contributed by atoms with Crippen LogP contribution < -0.4 is 4.74 Å². The molecule has 1 aliphatic rings. The van der Waals surface area contributed by atoms with Crippen LogP contribution in [-0.2, 0) is 4.74 Å². The molecule has 74 valence electrons. The number of hydrogen-bond donors (Lipinski definition) is 0. The Bertz CT molecular complexity index is 305. The monoisotopic (exact) mass is 190 g/mol. The Morgan fingerprint density at radius 1 is 1.29 bits per heavy atom. The molecule has 0 amide bonds. The van der Waals surface area contributed by atoms with Crippen molar-refractivity contribution >= 4 is 0 Å². The van der Waals surface area contributed by atoms with E-state index in [1.807, 2.05) is 36.4 Å². The lowest BCUT2D eigenvalue weighted by Crippen LogP contribution is -2.23. The molecule has 1 aromatic carbocycles. The summed E-state index contributed by atoms with van der Waals surface area (Å²) in [4.78, 5) is 0. The molecule has 0 radical (unpaired) electrons. The molecule has 0 aliphatic carbocycles. The summed E-state index contributed by atoms with van der Waals surface area (Å²) in [5.74, 6) is 1.39. The first-order valence-corrected chi connectivity index (χ1v) is 4.88. The lowest BCUT2D eigenvalue weighted by atomic mass is 10.1. The standard InChI is InChI=1S/C12H14O2/c1-10-7-8-13-12(9-10)14-11-5-3-2-4-6-11/h2-8,10,12H,9H2,1H3. The van der Waals surface area contributed by atoms with Crippen LogP contribution in [0, 0.1) is 5.92 Å². The summed E-state index contributed by atoms with van der Waals surface area (Å²) in [5.41, 5.74) is 0. The summed E-state index contributed by atoms with van der Waals surface area (Å²) in [5, 5.41) is 0. The molecule has 0 saturated carbocycles. The maximum Gasteiger partial charge on any atom is 0.240 e.